The standard InChI is InChI=1S/C21H23Cl2N3O3/c1-21(16-10-7-13(22)11-17(16)23)19(28)25(20(29)24-21)12-18(27)26(15-8-9-15)14-5-3-2-4-6-14/h5,7,10-11,15H,2-4,6,8-9,12H2,1H3,(H,24,29). The highest BCUT2D eigenvalue weighted by Gasteiger charge is 2.51. The number of imide groups is 1. The molecule has 1 aliphatic heterocycles. The van der Waals surface area contributed by atoms with Gasteiger partial charge in [0.15, 0.2) is 0 Å². The highest BCUT2D eigenvalue weighted by molar-refractivity contribution is 6.35. The number of hydrogen-bond acceptors (Lipinski definition) is 3. The topological polar surface area (TPSA) is 69.7 Å². The van der Waals surface area contributed by atoms with Gasteiger partial charge in [-0.1, -0.05) is 35.3 Å². The van der Waals surface area contributed by atoms with Gasteiger partial charge in [0, 0.05) is 27.3 Å². The van der Waals surface area contributed by atoms with E-state index in [9.17, 15) is 14.4 Å². The molecule has 2 fully saturated rings. The zero-order valence-corrected chi connectivity index (χ0v) is 17.7. The lowest BCUT2D eigenvalue weighted by Crippen LogP contribution is -2.45. The summed E-state index contributed by atoms with van der Waals surface area (Å²) in [6, 6.07) is 4.36. The van der Waals surface area contributed by atoms with Gasteiger partial charge in [-0.2, -0.15) is 0 Å². The molecule has 1 saturated heterocycles. The van der Waals surface area contributed by atoms with Crippen LogP contribution >= 0.6 is 23.2 Å². The molecule has 6 nitrogen and oxygen atoms in total. The molecule has 4 amide bonds. The van der Waals surface area contributed by atoms with E-state index in [4.69, 9.17) is 23.2 Å². The van der Waals surface area contributed by atoms with E-state index in [1.54, 1.807) is 19.1 Å². The van der Waals surface area contributed by atoms with Crippen LogP contribution in [-0.4, -0.2) is 40.2 Å². The van der Waals surface area contributed by atoms with Crippen LogP contribution in [0.3, 0.4) is 0 Å². The van der Waals surface area contributed by atoms with Crippen LogP contribution < -0.4 is 5.32 Å². The van der Waals surface area contributed by atoms with E-state index in [-0.39, 0.29) is 23.5 Å². The molecule has 29 heavy (non-hydrogen) atoms. The van der Waals surface area contributed by atoms with E-state index in [0.29, 0.717) is 10.6 Å². The molecule has 3 aliphatic rings. The number of urea groups is 1. The van der Waals surface area contributed by atoms with Gasteiger partial charge in [-0.05, 0) is 57.6 Å². The largest absolute Gasteiger partial charge is 0.325 e. The number of nitrogens with one attached hydrogen (secondary N) is 1. The van der Waals surface area contributed by atoms with Crippen molar-refractivity contribution in [3.63, 3.8) is 0 Å². The van der Waals surface area contributed by atoms with Crippen molar-refractivity contribution >= 4 is 41.0 Å². The van der Waals surface area contributed by atoms with Crippen molar-refractivity contribution in [3.8, 4) is 0 Å². The maximum absolute atomic E-state index is 13.2. The molecule has 1 saturated carbocycles. The van der Waals surface area contributed by atoms with Crippen molar-refractivity contribution in [2.24, 2.45) is 0 Å². The second-order valence-electron chi connectivity index (χ2n) is 8.01. The number of benzene rings is 1. The Balaban J connectivity index is 1.56. The van der Waals surface area contributed by atoms with Crippen molar-refractivity contribution in [3.05, 3.63) is 45.6 Å². The molecule has 1 aromatic carbocycles. The number of rotatable bonds is 5. The first-order chi connectivity index (χ1) is 13.8. The average molecular weight is 436 g/mol. The maximum Gasteiger partial charge on any atom is 0.325 e. The Morgan fingerprint density at radius 1 is 1.28 bits per heavy atom. The summed E-state index contributed by atoms with van der Waals surface area (Å²) >= 11 is 12.2. The van der Waals surface area contributed by atoms with Gasteiger partial charge in [-0.25, -0.2) is 4.79 Å². The first-order valence-corrected chi connectivity index (χ1v) is 10.7. The Kier molecular flexibility index (Phi) is 5.34. The highest BCUT2D eigenvalue weighted by atomic mass is 35.5. The van der Waals surface area contributed by atoms with Crippen LogP contribution in [-0.2, 0) is 15.1 Å². The summed E-state index contributed by atoms with van der Waals surface area (Å²) in [6.07, 6.45) is 8.04. The fraction of sp³-hybridized carbons (Fsp3) is 0.476. The molecule has 4 rings (SSSR count). The van der Waals surface area contributed by atoms with Crippen molar-refractivity contribution < 1.29 is 14.4 Å². The summed E-state index contributed by atoms with van der Waals surface area (Å²) in [4.78, 5) is 41.7. The quantitative estimate of drug-likeness (QED) is 0.704. The van der Waals surface area contributed by atoms with E-state index in [2.05, 4.69) is 11.4 Å². The molecular formula is C21H23Cl2N3O3. The van der Waals surface area contributed by atoms with Gasteiger partial charge >= 0.3 is 6.03 Å². The van der Waals surface area contributed by atoms with Crippen LogP contribution in [0, 0.1) is 0 Å². The van der Waals surface area contributed by atoms with Crippen molar-refractivity contribution in [1.29, 1.82) is 0 Å². The smallest absolute Gasteiger partial charge is 0.319 e. The monoisotopic (exact) mass is 435 g/mol. The summed E-state index contributed by atoms with van der Waals surface area (Å²) in [7, 11) is 0. The zero-order chi connectivity index (χ0) is 20.8. The molecule has 0 aromatic heterocycles. The molecule has 154 valence electrons. The van der Waals surface area contributed by atoms with Crippen LogP contribution in [0.25, 0.3) is 0 Å². The molecule has 1 aromatic rings. The van der Waals surface area contributed by atoms with Gasteiger partial charge in [-0.15, -0.1) is 0 Å². The number of hydrogen-bond donors (Lipinski definition) is 1. The van der Waals surface area contributed by atoms with E-state index >= 15 is 0 Å². The molecule has 1 heterocycles. The lowest BCUT2D eigenvalue weighted by Gasteiger charge is -2.29. The molecular weight excluding hydrogens is 413 g/mol. The molecule has 0 spiro atoms. The first kappa shape index (κ1) is 20.2. The first-order valence-electron chi connectivity index (χ1n) is 9.92. The van der Waals surface area contributed by atoms with Crippen LogP contribution in [0.15, 0.2) is 30.0 Å². The summed E-state index contributed by atoms with van der Waals surface area (Å²) < 4.78 is 0. The molecule has 1 atom stereocenters. The second kappa shape index (κ2) is 7.65. The van der Waals surface area contributed by atoms with Crippen LogP contribution in [0.4, 0.5) is 4.79 Å². The maximum atomic E-state index is 13.2. The fourth-order valence-corrected chi connectivity index (χ4v) is 4.70. The molecule has 0 bridgehead atoms. The van der Waals surface area contributed by atoms with Crippen LogP contribution in [0.1, 0.15) is 51.0 Å². The summed E-state index contributed by atoms with van der Waals surface area (Å²) in [5.74, 6) is -0.705. The number of carbonyl (C=O) groups is 3. The number of carbonyl (C=O) groups excluding carboxylic acids is 3. The van der Waals surface area contributed by atoms with Crippen LogP contribution in [0.2, 0.25) is 10.0 Å². The Hall–Kier alpha value is -2.05. The fourth-order valence-electron chi connectivity index (χ4n) is 4.10. The third-order valence-corrected chi connectivity index (χ3v) is 6.34. The number of halogens is 2. The summed E-state index contributed by atoms with van der Waals surface area (Å²) in [5.41, 5.74) is 0.137. The Labute approximate surface area is 179 Å². The Morgan fingerprint density at radius 3 is 2.66 bits per heavy atom. The van der Waals surface area contributed by atoms with Crippen molar-refractivity contribution in [2.45, 2.75) is 57.0 Å². The predicted molar refractivity (Wildman–Crippen MR) is 110 cm³/mol. The Bertz CT molecular complexity index is 912. The van der Waals surface area contributed by atoms with Gasteiger partial charge in [0.25, 0.3) is 5.91 Å². The summed E-state index contributed by atoms with van der Waals surface area (Å²) in [5, 5.41) is 3.42. The summed E-state index contributed by atoms with van der Waals surface area (Å²) in [6.45, 7) is 1.31. The molecule has 0 radical (unpaired) electrons. The molecule has 1 unspecified atom stereocenters. The SMILES string of the molecule is CC1(c2ccc(Cl)cc2Cl)NC(=O)N(CC(=O)N(C2=CCCCC2)C2CC2)C1=O. The Morgan fingerprint density at radius 2 is 2.03 bits per heavy atom. The lowest BCUT2D eigenvalue weighted by atomic mass is 9.92. The predicted octanol–water partition coefficient (Wildman–Crippen LogP) is 4.21. The van der Waals surface area contributed by atoms with Crippen LogP contribution in [0.5, 0.6) is 0 Å². The van der Waals surface area contributed by atoms with Crippen molar-refractivity contribution in [1.82, 2.24) is 15.1 Å². The minimum absolute atomic E-state index is 0.185. The normalized spacial score (nSPS) is 24.4. The second-order valence-corrected chi connectivity index (χ2v) is 8.85. The van der Waals surface area contributed by atoms with E-state index < -0.39 is 17.5 Å². The third-order valence-electron chi connectivity index (χ3n) is 5.80. The average Bonchev–Trinajstić information content (AvgIpc) is 3.48. The number of amides is 4. The van der Waals surface area contributed by atoms with Gasteiger partial charge in [0.2, 0.25) is 5.91 Å². The van der Waals surface area contributed by atoms with E-state index in [1.807, 2.05) is 4.90 Å². The molecule has 1 N–H and O–H groups in total. The van der Waals surface area contributed by atoms with E-state index in [0.717, 1.165) is 49.1 Å². The molecule has 8 heteroatoms. The van der Waals surface area contributed by atoms with E-state index in [1.165, 1.54) is 6.07 Å². The highest BCUT2D eigenvalue weighted by Crippen LogP contribution is 2.36. The van der Waals surface area contributed by atoms with Gasteiger partial charge in [-0.3, -0.25) is 14.5 Å². The van der Waals surface area contributed by atoms with Gasteiger partial charge in [0.05, 0.1) is 0 Å². The minimum Gasteiger partial charge on any atom is -0.319 e. The number of allylic oxidation sites excluding steroid dienone is 2. The zero-order valence-electron chi connectivity index (χ0n) is 16.2. The molecule has 2 aliphatic carbocycles. The minimum atomic E-state index is -1.34. The van der Waals surface area contributed by atoms with Crippen molar-refractivity contribution in [2.75, 3.05) is 6.54 Å². The van der Waals surface area contributed by atoms with Gasteiger partial charge in [0.1, 0.15) is 12.1 Å². The third kappa shape index (κ3) is 3.76. The number of nitrogens with zero attached hydrogens (tertiary/aromatic N) is 2. The lowest BCUT2D eigenvalue weighted by molar-refractivity contribution is -0.138. The van der Waals surface area contributed by atoms with Gasteiger partial charge < -0.3 is 10.2 Å².